The number of carbonyl (C=O) groups is 1. The molecule has 0 aromatic heterocycles. The van der Waals surface area contributed by atoms with Crippen LogP contribution in [-0.4, -0.2) is 9.71 Å². The molecule has 0 spiro atoms. The van der Waals surface area contributed by atoms with Gasteiger partial charge in [0.05, 0.1) is 0 Å². The maximum Gasteiger partial charge on any atom is 0.181 e. The maximum absolute atomic E-state index is 11.7. The molecule has 0 radical (unpaired) electrons. The summed E-state index contributed by atoms with van der Waals surface area (Å²) in [5.74, 6) is 0.181. The summed E-state index contributed by atoms with van der Waals surface area (Å²) in [4.78, 5) is 13.7. The Labute approximate surface area is 94.7 Å². The lowest BCUT2D eigenvalue weighted by Crippen LogP contribution is -2.19. The molecule has 0 aliphatic carbocycles. The van der Waals surface area contributed by atoms with Crippen LogP contribution >= 0.6 is 34.4 Å². The number of carbonyl (C=O) groups excluding carboxylic acids is 1. The topological polar surface area (TPSA) is 17.1 Å². The standard InChI is InChI=1S/C10H7IOS/c1-6-9(11)10(12)7-4-2-3-5-8(7)13-6/h2-5,9H,1H2. The third kappa shape index (κ3) is 1.55. The van der Waals surface area contributed by atoms with E-state index in [2.05, 4.69) is 29.2 Å². The van der Waals surface area contributed by atoms with Gasteiger partial charge in [0.1, 0.15) is 3.92 Å². The number of thioether (sulfide) groups is 1. The van der Waals surface area contributed by atoms with E-state index in [-0.39, 0.29) is 9.71 Å². The Kier molecular flexibility index (Phi) is 2.47. The quantitative estimate of drug-likeness (QED) is 0.540. The van der Waals surface area contributed by atoms with E-state index in [4.69, 9.17) is 0 Å². The van der Waals surface area contributed by atoms with Gasteiger partial charge in [-0.2, -0.15) is 0 Å². The largest absolute Gasteiger partial charge is 0.293 e. The third-order valence-corrected chi connectivity index (χ3v) is 4.72. The predicted octanol–water partition coefficient (Wildman–Crippen LogP) is 3.29. The molecule has 1 aromatic carbocycles. The summed E-state index contributed by atoms with van der Waals surface area (Å²) < 4.78 is -0.0718. The highest BCUT2D eigenvalue weighted by molar-refractivity contribution is 14.1. The van der Waals surface area contributed by atoms with E-state index in [1.807, 2.05) is 24.3 Å². The van der Waals surface area contributed by atoms with Crippen molar-refractivity contribution in [3.63, 3.8) is 0 Å². The van der Waals surface area contributed by atoms with Crippen LogP contribution in [-0.2, 0) is 0 Å². The van der Waals surface area contributed by atoms with Crippen LogP contribution in [0.2, 0.25) is 0 Å². The predicted molar refractivity (Wildman–Crippen MR) is 63.6 cm³/mol. The average Bonchev–Trinajstić information content (AvgIpc) is 2.15. The first kappa shape index (κ1) is 9.27. The van der Waals surface area contributed by atoms with E-state index in [1.165, 1.54) is 0 Å². The average molecular weight is 302 g/mol. The first-order valence-corrected chi connectivity index (χ1v) is 5.90. The molecule has 0 fully saturated rings. The Morgan fingerprint density at radius 1 is 1.38 bits per heavy atom. The number of rotatable bonds is 0. The van der Waals surface area contributed by atoms with Gasteiger partial charge in [-0.25, -0.2) is 0 Å². The van der Waals surface area contributed by atoms with Crippen molar-refractivity contribution in [3.05, 3.63) is 41.3 Å². The monoisotopic (exact) mass is 302 g/mol. The minimum absolute atomic E-state index is 0.0718. The molecule has 1 unspecified atom stereocenters. The maximum atomic E-state index is 11.7. The molecule has 66 valence electrons. The van der Waals surface area contributed by atoms with Crippen molar-refractivity contribution in [1.29, 1.82) is 0 Å². The molecule has 1 nitrogen and oxygen atoms in total. The number of alkyl halides is 1. The van der Waals surface area contributed by atoms with Crippen molar-refractivity contribution < 1.29 is 4.79 Å². The lowest BCUT2D eigenvalue weighted by molar-refractivity contribution is 0.100. The van der Waals surface area contributed by atoms with Crippen LogP contribution < -0.4 is 0 Å². The van der Waals surface area contributed by atoms with E-state index in [9.17, 15) is 4.79 Å². The summed E-state index contributed by atoms with van der Waals surface area (Å²) in [7, 11) is 0. The van der Waals surface area contributed by atoms with Gasteiger partial charge in [-0.15, -0.1) is 0 Å². The van der Waals surface area contributed by atoms with Gasteiger partial charge >= 0.3 is 0 Å². The first-order chi connectivity index (χ1) is 6.20. The number of benzene rings is 1. The van der Waals surface area contributed by atoms with Crippen molar-refractivity contribution in [2.24, 2.45) is 0 Å². The van der Waals surface area contributed by atoms with Gasteiger partial charge in [-0.3, -0.25) is 4.79 Å². The number of ketones is 1. The Bertz CT molecular complexity index is 386. The zero-order chi connectivity index (χ0) is 9.42. The van der Waals surface area contributed by atoms with Gasteiger partial charge in [0.25, 0.3) is 0 Å². The van der Waals surface area contributed by atoms with Crippen molar-refractivity contribution in [2.45, 2.75) is 8.82 Å². The second-order valence-electron chi connectivity index (χ2n) is 2.79. The van der Waals surface area contributed by atoms with Crippen LogP contribution in [0, 0.1) is 0 Å². The van der Waals surface area contributed by atoms with Crippen molar-refractivity contribution in [1.82, 2.24) is 0 Å². The Morgan fingerprint density at radius 2 is 2.08 bits per heavy atom. The van der Waals surface area contributed by atoms with Gasteiger partial charge in [0.15, 0.2) is 5.78 Å². The summed E-state index contributed by atoms with van der Waals surface area (Å²) in [6, 6.07) is 7.68. The van der Waals surface area contributed by atoms with Crippen LogP contribution in [0.15, 0.2) is 40.6 Å². The highest BCUT2D eigenvalue weighted by Crippen LogP contribution is 2.39. The molecule has 3 heteroatoms. The number of Topliss-reactive ketones (excluding diaryl/α,β-unsaturated/α-hetero) is 1. The highest BCUT2D eigenvalue weighted by atomic mass is 127. The Morgan fingerprint density at radius 3 is 2.85 bits per heavy atom. The van der Waals surface area contributed by atoms with Gasteiger partial charge in [0, 0.05) is 15.4 Å². The van der Waals surface area contributed by atoms with E-state index in [0.29, 0.717) is 0 Å². The minimum atomic E-state index is -0.0718. The highest BCUT2D eigenvalue weighted by Gasteiger charge is 2.28. The molecule has 1 atom stereocenters. The fourth-order valence-electron chi connectivity index (χ4n) is 1.23. The van der Waals surface area contributed by atoms with Crippen LogP contribution in [0.3, 0.4) is 0 Å². The fraction of sp³-hybridized carbons (Fsp3) is 0.100. The van der Waals surface area contributed by atoms with Crippen molar-refractivity contribution in [3.8, 4) is 0 Å². The van der Waals surface area contributed by atoms with E-state index >= 15 is 0 Å². The molecular weight excluding hydrogens is 295 g/mol. The summed E-state index contributed by atoms with van der Waals surface area (Å²) in [6.45, 7) is 3.88. The van der Waals surface area contributed by atoms with Gasteiger partial charge < -0.3 is 0 Å². The molecule has 0 bridgehead atoms. The SMILES string of the molecule is C=C1Sc2ccccc2C(=O)C1I. The summed E-state index contributed by atoms with van der Waals surface area (Å²) in [5.41, 5.74) is 0.833. The smallest absolute Gasteiger partial charge is 0.181 e. The number of halogens is 1. The molecule has 1 aliphatic heterocycles. The Hall–Kier alpha value is -0.290. The van der Waals surface area contributed by atoms with Gasteiger partial charge in [-0.1, -0.05) is 59.1 Å². The van der Waals surface area contributed by atoms with Crippen LogP contribution in [0.25, 0.3) is 0 Å². The summed E-state index contributed by atoms with van der Waals surface area (Å²) >= 11 is 3.74. The summed E-state index contributed by atoms with van der Waals surface area (Å²) in [6.07, 6.45) is 0. The molecule has 1 aromatic rings. The van der Waals surface area contributed by atoms with E-state index < -0.39 is 0 Å². The van der Waals surface area contributed by atoms with Crippen LogP contribution in [0.1, 0.15) is 10.4 Å². The van der Waals surface area contributed by atoms with Gasteiger partial charge in [-0.05, 0) is 6.07 Å². The summed E-state index contributed by atoms with van der Waals surface area (Å²) in [5, 5.41) is 0. The van der Waals surface area contributed by atoms with Gasteiger partial charge in [0.2, 0.25) is 0 Å². The lowest BCUT2D eigenvalue weighted by atomic mass is 10.1. The third-order valence-electron chi connectivity index (χ3n) is 1.91. The molecule has 1 aliphatic rings. The molecule has 13 heavy (non-hydrogen) atoms. The number of hydrogen-bond donors (Lipinski definition) is 0. The van der Waals surface area contributed by atoms with Crippen molar-refractivity contribution in [2.75, 3.05) is 0 Å². The molecule has 0 amide bonds. The Balaban J connectivity index is 2.55. The lowest BCUT2D eigenvalue weighted by Gasteiger charge is -2.20. The zero-order valence-electron chi connectivity index (χ0n) is 6.79. The molecule has 0 saturated heterocycles. The second kappa shape index (κ2) is 3.46. The molecular formula is C10H7IOS. The fourth-order valence-corrected chi connectivity index (χ4v) is 2.87. The second-order valence-corrected chi connectivity index (χ2v) is 5.21. The number of allylic oxidation sites excluding steroid dienone is 1. The zero-order valence-corrected chi connectivity index (χ0v) is 9.76. The van der Waals surface area contributed by atoms with Crippen molar-refractivity contribution >= 4 is 40.1 Å². The van der Waals surface area contributed by atoms with Crippen LogP contribution in [0.4, 0.5) is 0 Å². The van der Waals surface area contributed by atoms with E-state index in [1.54, 1.807) is 11.8 Å². The number of fused-ring (bicyclic) bond motifs is 1. The molecule has 2 rings (SSSR count). The van der Waals surface area contributed by atoms with Crippen LogP contribution in [0.5, 0.6) is 0 Å². The first-order valence-electron chi connectivity index (χ1n) is 3.84. The minimum Gasteiger partial charge on any atom is -0.293 e. The molecule has 1 heterocycles. The molecule has 0 N–H and O–H groups in total. The van der Waals surface area contributed by atoms with E-state index in [0.717, 1.165) is 15.4 Å². The normalized spacial score (nSPS) is 21.5. The molecule has 0 saturated carbocycles. The number of hydrogen-bond acceptors (Lipinski definition) is 2.